The maximum atomic E-state index is 13.0. The number of carbonyl (C=O) groups excluding carboxylic acids is 1. The standard InChI is InChI=1S/C17H18FN3O2S/c1-4-20(5-2)17(22)23-15-11(3)21-10-14(19-16(21)24-15)12-6-8-13(18)9-7-12/h6-10H,4-5H2,1-3H3. The van der Waals surface area contributed by atoms with E-state index in [0.717, 1.165) is 21.9 Å². The molecule has 3 rings (SSSR count). The number of ether oxygens (including phenoxy) is 1. The second-order valence-electron chi connectivity index (χ2n) is 5.30. The van der Waals surface area contributed by atoms with E-state index in [0.29, 0.717) is 18.2 Å². The van der Waals surface area contributed by atoms with E-state index in [1.807, 2.05) is 31.4 Å². The van der Waals surface area contributed by atoms with Crippen molar-refractivity contribution in [3.8, 4) is 16.3 Å². The molecule has 1 aromatic carbocycles. The summed E-state index contributed by atoms with van der Waals surface area (Å²) in [6.07, 6.45) is 1.51. The Morgan fingerprint density at radius 2 is 1.96 bits per heavy atom. The average Bonchev–Trinajstić information content (AvgIpc) is 3.10. The van der Waals surface area contributed by atoms with E-state index in [4.69, 9.17) is 4.74 Å². The number of nitrogens with zero attached hydrogens (tertiary/aromatic N) is 3. The topological polar surface area (TPSA) is 46.8 Å². The Morgan fingerprint density at radius 3 is 2.54 bits per heavy atom. The number of benzene rings is 1. The zero-order valence-electron chi connectivity index (χ0n) is 13.7. The second kappa shape index (κ2) is 6.60. The SMILES string of the molecule is CCN(CC)C(=O)Oc1sc2nc(-c3ccc(F)cc3)cn2c1C. The van der Waals surface area contributed by atoms with Crippen molar-refractivity contribution >= 4 is 22.4 Å². The summed E-state index contributed by atoms with van der Waals surface area (Å²) in [6, 6.07) is 6.21. The van der Waals surface area contributed by atoms with Gasteiger partial charge in [-0.2, -0.15) is 0 Å². The van der Waals surface area contributed by atoms with Crippen LogP contribution in [0.2, 0.25) is 0 Å². The number of amides is 1. The highest BCUT2D eigenvalue weighted by molar-refractivity contribution is 7.19. The molecule has 126 valence electrons. The van der Waals surface area contributed by atoms with Crippen molar-refractivity contribution in [3.05, 3.63) is 42.0 Å². The van der Waals surface area contributed by atoms with Crippen LogP contribution in [0, 0.1) is 12.7 Å². The molecule has 2 heterocycles. The first-order chi connectivity index (χ1) is 11.5. The molecule has 0 aliphatic carbocycles. The maximum absolute atomic E-state index is 13.0. The van der Waals surface area contributed by atoms with E-state index in [1.54, 1.807) is 17.0 Å². The predicted octanol–water partition coefficient (Wildman–Crippen LogP) is 4.35. The lowest BCUT2D eigenvalue weighted by molar-refractivity contribution is 0.158. The van der Waals surface area contributed by atoms with Crippen LogP contribution in [0.4, 0.5) is 9.18 Å². The number of hydrogen-bond donors (Lipinski definition) is 0. The minimum Gasteiger partial charge on any atom is -0.397 e. The van der Waals surface area contributed by atoms with Crippen molar-refractivity contribution < 1.29 is 13.9 Å². The molecular weight excluding hydrogens is 329 g/mol. The van der Waals surface area contributed by atoms with Crippen LogP contribution < -0.4 is 4.74 Å². The summed E-state index contributed by atoms with van der Waals surface area (Å²) >= 11 is 1.32. The average molecular weight is 347 g/mol. The fourth-order valence-electron chi connectivity index (χ4n) is 2.41. The first-order valence-electron chi connectivity index (χ1n) is 7.74. The zero-order chi connectivity index (χ0) is 17.3. The molecule has 0 fully saturated rings. The highest BCUT2D eigenvalue weighted by Crippen LogP contribution is 2.33. The molecule has 2 aromatic heterocycles. The highest BCUT2D eigenvalue weighted by Gasteiger charge is 2.18. The molecule has 0 radical (unpaired) electrons. The predicted molar refractivity (Wildman–Crippen MR) is 92.1 cm³/mol. The molecule has 0 aliphatic rings. The van der Waals surface area contributed by atoms with Crippen LogP contribution in [-0.2, 0) is 0 Å². The molecule has 0 N–H and O–H groups in total. The van der Waals surface area contributed by atoms with Gasteiger partial charge in [-0.05, 0) is 45.0 Å². The van der Waals surface area contributed by atoms with Crippen LogP contribution in [0.1, 0.15) is 19.5 Å². The molecule has 1 amide bonds. The van der Waals surface area contributed by atoms with Gasteiger partial charge in [0.25, 0.3) is 0 Å². The Morgan fingerprint density at radius 1 is 1.29 bits per heavy atom. The summed E-state index contributed by atoms with van der Waals surface area (Å²) < 4.78 is 20.4. The molecule has 7 heteroatoms. The largest absolute Gasteiger partial charge is 0.416 e. The first kappa shape index (κ1) is 16.4. The van der Waals surface area contributed by atoms with Crippen LogP contribution in [0.5, 0.6) is 5.06 Å². The summed E-state index contributed by atoms with van der Waals surface area (Å²) in [5, 5.41) is 0.542. The number of imidazole rings is 1. The van der Waals surface area contributed by atoms with Crippen molar-refractivity contribution in [2.75, 3.05) is 13.1 Å². The van der Waals surface area contributed by atoms with Gasteiger partial charge in [-0.1, -0.05) is 11.3 Å². The monoisotopic (exact) mass is 347 g/mol. The molecule has 0 saturated carbocycles. The molecule has 0 bridgehead atoms. The molecule has 0 saturated heterocycles. The van der Waals surface area contributed by atoms with Crippen LogP contribution in [0.15, 0.2) is 30.5 Å². The third-order valence-electron chi connectivity index (χ3n) is 3.86. The molecule has 5 nitrogen and oxygen atoms in total. The molecule has 24 heavy (non-hydrogen) atoms. The minimum atomic E-state index is -0.355. The highest BCUT2D eigenvalue weighted by atomic mass is 32.1. The Labute approximate surface area is 143 Å². The fourth-order valence-corrected chi connectivity index (χ4v) is 3.37. The van der Waals surface area contributed by atoms with E-state index >= 15 is 0 Å². The quantitative estimate of drug-likeness (QED) is 0.705. The van der Waals surface area contributed by atoms with E-state index in [9.17, 15) is 9.18 Å². The number of hydrogen-bond acceptors (Lipinski definition) is 4. The summed E-state index contributed by atoms with van der Waals surface area (Å²) in [5.74, 6) is -0.276. The lowest BCUT2D eigenvalue weighted by Crippen LogP contribution is -2.33. The molecule has 0 spiro atoms. The number of thiazole rings is 1. The van der Waals surface area contributed by atoms with E-state index < -0.39 is 0 Å². The summed E-state index contributed by atoms with van der Waals surface area (Å²) in [6.45, 7) is 6.91. The van der Waals surface area contributed by atoms with Crippen molar-refractivity contribution in [1.82, 2.24) is 14.3 Å². The van der Waals surface area contributed by atoms with Crippen LogP contribution in [0.3, 0.4) is 0 Å². The normalized spacial score (nSPS) is 11.0. The van der Waals surface area contributed by atoms with Gasteiger partial charge in [-0.15, -0.1) is 0 Å². The van der Waals surface area contributed by atoms with E-state index in [2.05, 4.69) is 4.98 Å². The van der Waals surface area contributed by atoms with E-state index in [1.165, 1.54) is 23.5 Å². The molecule has 0 unspecified atom stereocenters. The molecule has 0 atom stereocenters. The first-order valence-corrected chi connectivity index (χ1v) is 8.56. The lowest BCUT2D eigenvalue weighted by atomic mass is 10.2. The number of rotatable bonds is 4. The van der Waals surface area contributed by atoms with E-state index in [-0.39, 0.29) is 11.9 Å². The summed E-state index contributed by atoms with van der Waals surface area (Å²) in [4.78, 5) is 19.0. The number of aryl methyl sites for hydroxylation is 1. The summed E-state index contributed by atoms with van der Waals surface area (Å²) in [5.41, 5.74) is 2.41. The van der Waals surface area contributed by atoms with Crippen molar-refractivity contribution in [2.45, 2.75) is 20.8 Å². The van der Waals surface area contributed by atoms with Crippen LogP contribution in [0.25, 0.3) is 16.2 Å². The fraction of sp³-hybridized carbons (Fsp3) is 0.294. The third kappa shape index (κ3) is 2.99. The van der Waals surface area contributed by atoms with Gasteiger partial charge >= 0.3 is 6.09 Å². The Kier molecular flexibility index (Phi) is 4.53. The van der Waals surface area contributed by atoms with Gasteiger partial charge in [-0.3, -0.25) is 4.40 Å². The second-order valence-corrected chi connectivity index (χ2v) is 6.24. The summed E-state index contributed by atoms with van der Waals surface area (Å²) in [7, 11) is 0. The Bertz CT molecular complexity index is 866. The van der Waals surface area contributed by atoms with Crippen molar-refractivity contribution in [1.29, 1.82) is 0 Å². The smallest absolute Gasteiger partial charge is 0.397 e. The minimum absolute atomic E-state index is 0.276. The van der Waals surface area contributed by atoms with Crippen LogP contribution >= 0.6 is 11.3 Å². The van der Waals surface area contributed by atoms with Gasteiger partial charge in [0.1, 0.15) is 5.82 Å². The van der Waals surface area contributed by atoms with Gasteiger partial charge in [-0.25, -0.2) is 14.2 Å². The number of fused-ring (bicyclic) bond motifs is 1. The number of aromatic nitrogens is 2. The van der Waals surface area contributed by atoms with Gasteiger partial charge in [0, 0.05) is 24.8 Å². The van der Waals surface area contributed by atoms with Crippen molar-refractivity contribution in [2.24, 2.45) is 0 Å². The Balaban J connectivity index is 1.88. The third-order valence-corrected chi connectivity index (χ3v) is 4.89. The van der Waals surface area contributed by atoms with Crippen molar-refractivity contribution in [3.63, 3.8) is 0 Å². The van der Waals surface area contributed by atoms with Crippen LogP contribution in [-0.4, -0.2) is 33.5 Å². The molecule has 3 aromatic rings. The lowest BCUT2D eigenvalue weighted by Gasteiger charge is -2.17. The van der Waals surface area contributed by atoms with Gasteiger partial charge in [0.2, 0.25) is 5.06 Å². The Hall–Kier alpha value is -2.41. The zero-order valence-corrected chi connectivity index (χ0v) is 14.6. The van der Waals surface area contributed by atoms with Gasteiger partial charge < -0.3 is 9.64 Å². The van der Waals surface area contributed by atoms with Gasteiger partial charge in [0.05, 0.1) is 11.4 Å². The molecule has 0 aliphatic heterocycles. The van der Waals surface area contributed by atoms with Gasteiger partial charge in [0.15, 0.2) is 4.96 Å². The molecular formula is C17H18FN3O2S. The maximum Gasteiger partial charge on any atom is 0.416 e. The number of carbonyl (C=O) groups is 1. The number of halogens is 1.